The van der Waals surface area contributed by atoms with E-state index < -0.39 is 0 Å². The predicted molar refractivity (Wildman–Crippen MR) is 67.8 cm³/mol. The maximum Gasteiger partial charge on any atom is 0.121 e. The van der Waals surface area contributed by atoms with Gasteiger partial charge in [-0.15, -0.1) is 0 Å². The molecule has 0 aliphatic carbocycles. The third-order valence-corrected chi connectivity index (χ3v) is 2.78. The van der Waals surface area contributed by atoms with Crippen LogP contribution >= 0.6 is 0 Å². The molecule has 3 nitrogen and oxygen atoms in total. The Kier molecular flexibility index (Phi) is 3.94. The van der Waals surface area contributed by atoms with Crippen LogP contribution in [0, 0.1) is 6.92 Å². The van der Waals surface area contributed by atoms with Crippen LogP contribution in [0.2, 0.25) is 0 Å². The highest BCUT2D eigenvalue weighted by atomic mass is 16.5. The molecule has 0 saturated carbocycles. The molecule has 0 aliphatic rings. The fraction of sp³-hybridized carbons (Fsp3) is 0.538. The summed E-state index contributed by atoms with van der Waals surface area (Å²) in [7, 11) is 3.61. The highest BCUT2D eigenvalue weighted by Gasteiger charge is 2.25. The summed E-state index contributed by atoms with van der Waals surface area (Å²) < 4.78 is 5.25. The Hall–Kier alpha value is -1.06. The van der Waals surface area contributed by atoms with Crippen LogP contribution in [-0.4, -0.2) is 19.7 Å². The Morgan fingerprint density at radius 2 is 2.00 bits per heavy atom. The molecule has 1 aromatic carbocycles. The van der Waals surface area contributed by atoms with Gasteiger partial charge in [0.1, 0.15) is 5.75 Å². The third kappa shape index (κ3) is 2.74. The van der Waals surface area contributed by atoms with Gasteiger partial charge >= 0.3 is 0 Å². The maximum atomic E-state index is 6.15. The monoisotopic (exact) mass is 222 g/mol. The summed E-state index contributed by atoms with van der Waals surface area (Å²) in [5.74, 6) is 0.911. The number of nitrogens with one attached hydrogen (secondary N) is 1. The Balaban J connectivity index is 3.08. The van der Waals surface area contributed by atoms with Crippen LogP contribution in [0.3, 0.4) is 0 Å². The molecule has 0 spiro atoms. The molecule has 90 valence electrons. The second-order valence-electron chi connectivity index (χ2n) is 4.77. The zero-order valence-corrected chi connectivity index (χ0v) is 10.8. The number of likely N-dealkylation sites (N-methyl/N-ethyl adjacent to an activating group) is 1. The van der Waals surface area contributed by atoms with E-state index in [0.29, 0.717) is 0 Å². The van der Waals surface area contributed by atoms with Crippen molar-refractivity contribution in [3.05, 3.63) is 29.3 Å². The first-order valence-corrected chi connectivity index (χ1v) is 5.51. The molecule has 0 radical (unpaired) electrons. The van der Waals surface area contributed by atoms with Crippen molar-refractivity contribution in [2.45, 2.75) is 32.4 Å². The zero-order valence-electron chi connectivity index (χ0n) is 10.8. The van der Waals surface area contributed by atoms with Crippen molar-refractivity contribution in [3.8, 4) is 5.75 Å². The van der Waals surface area contributed by atoms with Crippen molar-refractivity contribution >= 4 is 0 Å². The van der Waals surface area contributed by atoms with Gasteiger partial charge in [-0.25, -0.2) is 0 Å². The number of hydrogen-bond donors (Lipinski definition) is 2. The highest BCUT2D eigenvalue weighted by molar-refractivity contribution is 5.38. The number of methoxy groups -OCH3 is 1. The fourth-order valence-electron chi connectivity index (χ4n) is 2.05. The number of aryl methyl sites for hydroxylation is 1. The minimum atomic E-state index is -0.296. The zero-order chi connectivity index (χ0) is 12.3. The smallest absolute Gasteiger partial charge is 0.121 e. The van der Waals surface area contributed by atoms with Crippen molar-refractivity contribution in [2.75, 3.05) is 14.2 Å². The molecular formula is C13H22N2O. The summed E-state index contributed by atoms with van der Waals surface area (Å²) in [5, 5.41) is 3.26. The van der Waals surface area contributed by atoms with Crippen LogP contribution in [0.5, 0.6) is 5.75 Å². The van der Waals surface area contributed by atoms with E-state index in [9.17, 15) is 0 Å². The van der Waals surface area contributed by atoms with Gasteiger partial charge < -0.3 is 15.8 Å². The number of ether oxygens (including phenoxy) is 1. The third-order valence-electron chi connectivity index (χ3n) is 2.78. The van der Waals surface area contributed by atoms with Crippen molar-refractivity contribution in [1.29, 1.82) is 0 Å². The fourth-order valence-corrected chi connectivity index (χ4v) is 2.05. The summed E-state index contributed by atoms with van der Waals surface area (Å²) >= 11 is 0. The van der Waals surface area contributed by atoms with E-state index in [1.807, 2.05) is 33.9 Å². The van der Waals surface area contributed by atoms with E-state index in [1.165, 1.54) is 5.56 Å². The lowest BCUT2D eigenvalue weighted by Gasteiger charge is -2.31. The van der Waals surface area contributed by atoms with Gasteiger partial charge in [0.05, 0.1) is 7.11 Å². The normalized spacial score (nSPS) is 13.6. The average molecular weight is 222 g/mol. The SMILES string of the molecule is CNC(c1ccc(OC)c(C)c1)C(C)(C)N. The molecule has 1 unspecified atom stereocenters. The van der Waals surface area contributed by atoms with Gasteiger partial charge in [-0.1, -0.05) is 12.1 Å². The van der Waals surface area contributed by atoms with Crippen LogP contribution in [0.4, 0.5) is 0 Å². The topological polar surface area (TPSA) is 47.3 Å². The van der Waals surface area contributed by atoms with Crippen LogP contribution < -0.4 is 15.8 Å². The molecule has 1 aromatic rings. The minimum absolute atomic E-state index is 0.136. The van der Waals surface area contributed by atoms with Crippen molar-refractivity contribution in [2.24, 2.45) is 5.73 Å². The first-order valence-electron chi connectivity index (χ1n) is 5.51. The lowest BCUT2D eigenvalue weighted by atomic mass is 9.89. The van der Waals surface area contributed by atoms with E-state index in [1.54, 1.807) is 7.11 Å². The summed E-state index contributed by atoms with van der Waals surface area (Å²) in [6.07, 6.45) is 0. The van der Waals surface area contributed by atoms with Gasteiger partial charge in [-0.2, -0.15) is 0 Å². The van der Waals surface area contributed by atoms with Gasteiger partial charge in [-0.3, -0.25) is 0 Å². The second-order valence-corrected chi connectivity index (χ2v) is 4.77. The molecule has 0 aliphatic heterocycles. The van der Waals surface area contributed by atoms with Crippen LogP contribution in [0.15, 0.2) is 18.2 Å². The van der Waals surface area contributed by atoms with Crippen LogP contribution in [0.1, 0.15) is 31.0 Å². The van der Waals surface area contributed by atoms with E-state index >= 15 is 0 Å². The van der Waals surface area contributed by atoms with Gasteiger partial charge in [-0.05, 0) is 45.0 Å². The number of rotatable bonds is 4. The van der Waals surface area contributed by atoms with E-state index in [2.05, 4.69) is 17.4 Å². The Morgan fingerprint density at radius 3 is 2.38 bits per heavy atom. The molecule has 0 saturated heterocycles. The van der Waals surface area contributed by atoms with Gasteiger partial charge in [0.25, 0.3) is 0 Å². The molecule has 16 heavy (non-hydrogen) atoms. The quantitative estimate of drug-likeness (QED) is 0.819. The average Bonchev–Trinajstić information content (AvgIpc) is 2.17. The van der Waals surface area contributed by atoms with Crippen LogP contribution in [0.25, 0.3) is 0 Å². The van der Waals surface area contributed by atoms with Gasteiger partial charge in [0.2, 0.25) is 0 Å². The molecule has 0 heterocycles. The summed E-state index contributed by atoms with van der Waals surface area (Å²) in [5.41, 5.74) is 8.17. The lowest BCUT2D eigenvalue weighted by Crippen LogP contribution is -2.45. The van der Waals surface area contributed by atoms with Gasteiger partial charge in [0, 0.05) is 11.6 Å². The molecular weight excluding hydrogens is 200 g/mol. The van der Waals surface area contributed by atoms with Crippen molar-refractivity contribution < 1.29 is 4.74 Å². The number of hydrogen-bond acceptors (Lipinski definition) is 3. The summed E-state index contributed by atoms with van der Waals surface area (Å²) in [6.45, 7) is 6.08. The molecule has 3 heteroatoms. The first kappa shape index (κ1) is 13.0. The molecule has 1 rings (SSSR count). The molecule has 0 amide bonds. The Labute approximate surface area is 98.0 Å². The van der Waals surface area contributed by atoms with Gasteiger partial charge in [0.15, 0.2) is 0 Å². The Morgan fingerprint density at radius 1 is 1.38 bits per heavy atom. The van der Waals surface area contributed by atoms with Crippen LogP contribution in [-0.2, 0) is 0 Å². The predicted octanol–water partition coefficient (Wildman–Crippen LogP) is 2.00. The largest absolute Gasteiger partial charge is 0.496 e. The Bertz CT molecular complexity index is 355. The molecule has 1 atom stereocenters. The molecule has 3 N–H and O–H groups in total. The highest BCUT2D eigenvalue weighted by Crippen LogP contribution is 2.27. The molecule has 0 bridgehead atoms. The second kappa shape index (κ2) is 4.85. The molecule has 0 aromatic heterocycles. The number of nitrogens with two attached hydrogens (primary N) is 1. The van der Waals surface area contributed by atoms with E-state index in [0.717, 1.165) is 11.3 Å². The summed E-state index contributed by atoms with van der Waals surface area (Å²) in [4.78, 5) is 0. The minimum Gasteiger partial charge on any atom is -0.496 e. The molecule has 0 fully saturated rings. The lowest BCUT2D eigenvalue weighted by molar-refractivity contribution is 0.368. The summed E-state index contributed by atoms with van der Waals surface area (Å²) in [6, 6.07) is 6.30. The standard InChI is InChI=1S/C13H22N2O/c1-9-8-10(6-7-11(9)16-5)12(15-4)13(2,3)14/h6-8,12,15H,14H2,1-5H3. The van der Waals surface area contributed by atoms with Crippen molar-refractivity contribution in [1.82, 2.24) is 5.32 Å². The first-order chi connectivity index (χ1) is 7.40. The van der Waals surface area contributed by atoms with E-state index in [4.69, 9.17) is 10.5 Å². The maximum absolute atomic E-state index is 6.15. The van der Waals surface area contributed by atoms with Crippen molar-refractivity contribution in [3.63, 3.8) is 0 Å². The number of benzene rings is 1. The van der Waals surface area contributed by atoms with E-state index in [-0.39, 0.29) is 11.6 Å².